The predicted molar refractivity (Wildman–Crippen MR) is 70.5 cm³/mol. The summed E-state index contributed by atoms with van der Waals surface area (Å²) >= 11 is 1.33. The number of H-pyrrole nitrogens is 1. The Labute approximate surface area is 109 Å². The fourth-order valence-electron chi connectivity index (χ4n) is 1.45. The van der Waals surface area contributed by atoms with Crippen molar-refractivity contribution in [3.8, 4) is 0 Å². The maximum absolute atomic E-state index is 5.70. The van der Waals surface area contributed by atoms with E-state index in [1.807, 2.05) is 18.7 Å². The molecule has 0 aliphatic heterocycles. The third-order valence-corrected chi connectivity index (χ3v) is 3.11. The number of nitrogens with one attached hydrogen (secondary N) is 1. The van der Waals surface area contributed by atoms with Gasteiger partial charge in [0, 0.05) is 25.5 Å². The van der Waals surface area contributed by atoms with E-state index in [0.717, 1.165) is 18.2 Å². The molecule has 0 aliphatic carbocycles. The molecule has 2 aromatic rings. The van der Waals surface area contributed by atoms with E-state index >= 15 is 0 Å². The molecule has 0 spiro atoms. The number of anilines is 2. The first-order chi connectivity index (χ1) is 8.72. The van der Waals surface area contributed by atoms with Crippen molar-refractivity contribution < 1.29 is 0 Å². The Balaban J connectivity index is 2.26. The molecule has 7 nitrogen and oxygen atoms in total. The maximum atomic E-state index is 5.70. The molecule has 96 valence electrons. The van der Waals surface area contributed by atoms with Crippen molar-refractivity contribution in [2.45, 2.75) is 24.2 Å². The van der Waals surface area contributed by atoms with Crippen molar-refractivity contribution in [2.24, 2.45) is 0 Å². The van der Waals surface area contributed by atoms with E-state index in [-0.39, 0.29) is 5.95 Å². The van der Waals surface area contributed by atoms with Crippen molar-refractivity contribution in [3.63, 3.8) is 0 Å². The van der Waals surface area contributed by atoms with Crippen LogP contribution >= 0.6 is 11.8 Å². The SMILES string of the molecule is CCN(CC)c1nc(N)nc(Sc2ncc[nH]2)n1. The summed E-state index contributed by atoms with van der Waals surface area (Å²) in [7, 11) is 0. The normalized spacial score (nSPS) is 10.6. The van der Waals surface area contributed by atoms with Crippen LogP contribution in [0.25, 0.3) is 0 Å². The van der Waals surface area contributed by atoms with Gasteiger partial charge in [0.25, 0.3) is 0 Å². The lowest BCUT2D eigenvalue weighted by Gasteiger charge is -2.18. The van der Waals surface area contributed by atoms with Gasteiger partial charge in [-0.05, 0) is 25.6 Å². The average Bonchev–Trinajstić information content (AvgIpc) is 2.83. The standard InChI is InChI=1S/C10H15N7S/c1-3-17(4-2)8-14-7(11)15-10(16-8)18-9-12-5-6-13-9/h5-6H,3-4H2,1-2H3,(H,12,13)(H2,11,14,15,16). The summed E-state index contributed by atoms with van der Waals surface area (Å²) in [5.41, 5.74) is 5.70. The van der Waals surface area contributed by atoms with Crippen molar-refractivity contribution in [1.29, 1.82) is 0 Å². The highest BCUT2D eigenvalue weighted by molar-refractivity contribution is 7.99. The number of aromatic nitrogens is 5. The van der Waals surface area contributed by atoms with E-state index in [1.165, 1.54) is 11.8 Å². The van der Waals surface area contributed by atoms with Crippen LogP contribution < -0.4 is 10.6 Å². The molecule has 3 N–H and O–H groups in total. The quantitative estimate of drug-likeness (QED) is 0.837. The summed E-state index contributed by atoms with van der Waals surface area (Å²) < 4.78 is 0. The molecule has 0 saturated heterocycles. The lowest BCUT2D eigenvalue weighted by Crippen LogP contribution is -2.25. The van der Waals surface area contributed by atoms with Gasteiger partial charge in [-0.15, -0.1) is 0 Å². The minimum absolute atomic E-state index is 0.223. The molecule has 0 unspecified atom stereocenters. The van der Waals surface area contributed by atoms with E-state index in [0.29, 0.717) is 11.1 Å². The highest BCUT2D eigenvalue weighted by Gasteiger charge is 2.11. The van der Waals surface area contributed by atoms with E-state index in [2.05, 4.69) is 24.9 Å². The Morgan fingerprint density at radius 1 is 1.28 bits per heavy atom. The molecule has 0 bridgehead atoms. The summed E-state index contributed by atoms with van der Waals surface area (Å²) in [4.78, 5) is 21.7. The molecular formula is C10H15N7S. The average molecular weight is 265 g/mol. The second-order valence-electron chi connectivity index (χ2n) is 3.44. The van der Waals surface area contributed by atoms with Gasteiger partial charge >= 0.3 is 0 Å². The van der Waals surface area contributed by atoms with Crippen LogP contribution in [0.1, 0.15) is 13.8 Å². The lowest BCUT2D eigenvalue weighted by atomic mass is 10.5. The molecule has 8 heteroatoms. The Kier molecular flexibility index (Phi) is 3.98. The molecule has 2 rings (SSSR count). The summed E-state index contributed by atoms with van der Waals surface area (Å²) in [5, 5.41) is 1.27. The van der Waals surface area contributed by atoms with Gasteiger partial charge in [0.2, 0.25) is 17.1 Å². The molecule has 2 heterocycles. The Bertz CT molecular complexity index is 495. The first-order valence-corrected chi connectivity index (χ1v) is 6.48. The fraction of sp³-hybridized carbons (Fsp3) is 0.400. The number of aromatic amines is 1. The van der Waals surface area contributed by atoms with E-state index in [9.17, 15) is 0 Å². The number of hydrogen-bond acceptors (Lipinski definition) is 7. The fourth-order valence-corrected chi connectivity index (χ4v) is 2.13. The largest absolute Gasteiger partial charge is 0.368 e. The minimum Gasteiger partial charge on any atom is -0.368 e. The molecule has 0 aromatic carbocycles. The summed E-state index contributed by atoms with van der Waals surface area (Å²) in [6, 6.07) is 0. The third kappa shape index (κ3) is 2.89. The monoisotopic (exact) mass is 265 g/mol. The minimum atomic E-state index is 0.223. The zero-order valence-electron chi connectivity index (χ0n) is 10.3. The topological polar surface area (TPSA) is 96.6 Å². The second kappa shape index (κ2) is 5.67. The van der Waals surface area contributed by atoms with Crippen LogP contribution in [-0.4, -0.2) is 38.0 Å². The Hall–Kier alpha value is -1.83. The number of imidazole rings is 1. The molecule has 0 atom stereocenters. The molecular weight excluding hydrogens is 250 g/mol. The zero-order chi connectivity index (χ0) is 13.0. The highest BCUT2D eigenvalue weighted by atomic mass is 32.2. The van der Waals surface area contributed by atoms with Gasteiger partial charge in [-0.1, -0.05) is 0 Å². The number of rotatable bonds is 5. The van der Waals surface area contributed by atoms with Gasteiger partial charge in [0.1, 0.15) is 0 Å². The van der Waals surface area contributed by atoms with Crippen LogP contribution in [0.3, 0.4) is 0 Å². The van der Waals surface area contributed by atoms with Crippen LogP contribution in [0.4, 0.5) is 11.9 Å². The van der Waals surface area contributed by atoms with Crippen LogP contribution in [0.5, 0.6) is 0 Å². The van der Waals surface area contributed by atoms with Gasteiger partial charge in [-0.25, -0.2) is 4.98 Å². The van der Waals surface area contributed by atoms with E-state index < -0.39 is 0 Å². The zero-order valence-corrected chi connectivity index (χ0v) is 11.1. The smallest absolute Gasteiger partial charge is 0.231 e. The van der Waals surface area contributed by atoms with Gasteiger partial charge in [-0.2, -0.15) is 15.0 Å². The lowest BCUT2D eigenvalue weighted by molar-refractivity contribution is 0.786. The van der Waals surface area contributed by atoms with Gasteiger partial charge in [0.05, 0.1) is 0 Å². The molecule has 18 heavy (non-hydrogen) atoms. The summed E-state index contributed by atoms with van der Waals surface area (Å²) in [6.07, 6.45) is 3.43. The van der Waals surface area contributed by atoms with Gasteiger partial charge < -0.3 is 15.6 Å². The molecule has 2 aromatic heterocycles. The first kappa shape index (κ1) is 12.6. The van der Waals surface area contributed by atoms with Crippen molar-refractivity contribution in [2.75, 3.05) is 23.7 Å². The van der Waals surface area contributed by atoms with E-state index in [1.54, 1.807) is 12.4 Å². The van der Waals surface area contributed by atoms with E-state index in [4.69, 9.17) is 5.73 Å². The Morgan fingerprint density at radius 2 is 2.06 bits per heavy atom. The third-order valence-electron chi connectivity index (χ3n) is 2.33. The number of hydrogen-bond donors (Lipinski definition) is 2. The van der Waals surface area contributed by atoms with Crippen molar-refractivity contribution in [3.05, 3.63) is 12.4 Å². The first-order valence-electron chi connectivity index (χ1n) is 5.66. The van der Waals surface area contributed by atoms with Gasteiger partial charge in [-0.3, -0.25) is 0 Å². The van der Waals surface area contributed by atoms with Crippen LogP contribution in [0.2, 0.25) is 0 Å². The second-order valence-corrected chi connectivity index (χ2v) is 4.40. The van der Waals surface area contributed by atoms with Crippen LogP contribution in [-0.2, 0) is 0 Å². The number of nitrogens with zero attached hydrogens (tertiary/aromatic N) is 5. The number of nitrogen functional groups attached to an aromatic ring is 1. The maximum Gasteiger partial charge on any atom is 0.231 e. The van der Waals surface area contributed by atoms with Crippen LogP contribution in [0.15, 0.2) is 22.7 Å². The molecule has 0 aliphatic rings. The molecule has 0 fully saturated rings. The van der Waals surface area contributed by atoms with Gasteiger partial charge in [0.15, 0.2) is 5.16 Å². The molecule has 0 radical (unpaired) electrons. The molecule has 0 amide bonds. The predicted octanol–water partition coefficient (Wildman–Crippen LogP) is 1.17. The van der Waals surface area contributed by atoms with Crippen molar-refractivity contribution >= 4 is 23.7 Å². The summed E-state index contributed by atoms with van der Waals surface area (Å²) in [6.45, 7) is 5.74. The van der Waals surface area contributed by atoms with Crippen molar-refractivity contribution in [1.82, 2.24) is 24.9 Å². The summed E-state index contributed by atoms with van der Waals surface area (Å²) in [5.74, 6) is 0.822. The molecule has 0 saturated carbocycles. The Morgan fingerprint density at radius 3 is 2.67 bits per heavy atom. The number of nitrogens with two attached hydrogens (primary N) is 1. The van der Waals surface area contributed by atoms with Crippen LogP contribution in [0, 0.1) is 0 Å². The highest BCUT2D eigenvalue weighted by Crippen LogP contribution is 2.22.